The predicted molar refractivity (Wildman–Crippen MR) is 95.5 cm³/mol. The summed E-state index contributed by atoms with van der Waals surface area (Å²) in [6.45, 7) is 6.96. The molecular weight excluding hydrogens is 364 g/mol. The third-order valence-electron chi connectivity index (χ3n) is 3.16. The van der Waals surface area contributed by atoms with Gasteiger partial charge in [0.25, 0.3) is 5.91 Å². The van der Waals surface area contributed by atoms with Gasteiger partial charge in [-0.2, -0.15) is 0 Å². The fourth-order valence-electron chi connectivity index (χ4n) is 2.06. The van der Waals surface area contributed by atoms with Crippen LogP contribution in [0.15, 0.2) is 12.1 Å². The molecule has 1 aromatic carbocycles. The van der Waals surface area contributed by atoms with E-state index in [-0.39, 0.29) is 28.4 Å². The molecule has 0 radical (unpaired) electrons. The standard InChI is InChI=1S/C17H23ClN2O6/c1-8(2)13(15(21)20-17(19)23)26-16(22)10-6-11(18)14(25-9(3)4)12(7-10)24-5/h6-9,13H,1-5H3,(H3,19,20,21,23)/t13-/m0/s1. The van der Waals surface area contributed by atoms with E-state index in [4.69, 9.17) is 31.5 Å². The molecule has 0 aliphatic carbocycles. The number of primary amides is 1. The number of nitrogens with two attached hydrogens (primary N) is 1. The smallest absolute Gasteiger partial charge is 0.339 e. The second-order valence-corrected chi connectivity index (χ2v) is 6.49. The van der Waals surface area contributed by atoms with E-state index in [1.54, 1.807) is 13.8 Å². The first kappa shape index (κ1) is 21.6. The summed E-state index contributed by atoms with van der Waals surface area (Å²) in [6, 6.07) is 1.72. The lowest BCUT2D eigenvalue weighted by molar-refractivity contribution is -0.130. The second kappa shape index (κ2) is 9.28. The molecule has 26 heavy (non-hydrogen) atoms. The Morgan fingerprint density at radius 1 is 1.15 bits per heavy atom. The largest absolute Gasteiger partial charge is 0.493 e. The van der Waals surface area contributed by atoms with E-state index >= 15 is 0 Å². The maximum Gasteiger partial charge on any atom is 0.339 e. The number of imide groups is 1. The Labute approximate surface area is 156 Å². The molecule has 144 valence electrons. The van der Waals surface area contributed by atoms with Crippen molar-refractivity contribution in [3.63, 3.8) is 0 Å². The van der Waals surface area contributed by atoms with E-state index in [1.807, 2.05) is 19.2 Å². The Morgan fingerprint density at radius 2 is 1.77 bits per heavy atom. The zero-order chi connectivity index (χ0) is 20.0. The van der Waals surface area contributed by atoms with E-state index in [0.717, 1.165) is 0 Å². The maximum absolute atomic E-state index is 12.4. The number of rotatable bonds is 7. The van der Waals surface area contributed by atoms with Crippen molar-refractivity contribution in [1.29, 1.82) is 0 Å². The lowest BCUT2D eigenvalue weighted by atomic mass is 10.1. The molecule has 1 rings (SSSR count). The molecule has 0 spiro atoms. The van der Waals surface area contributed by atoms with Crippen molar-refractivity contribution in [2.24, 2.45) is 11.7 Å². The average molecular weight is 387 g/mol. The van der Waals surface area contributed by atoms with Crippen LogP contribution < -0.4 is 20.5 Å². The van der Waals surface area contributed by atoms with Crippen molar-refractivity contribution in [3.8, 4) is 11.5 Å². The highest BCUT2D eigenvalue weighted by atomic mass is 35.5. The van der Waals surface area contributed by atoms with Gasteiger partial charge in [-0.15, -0.1) is 0 Å². The minimum atomic E-state index is -1.20. The van der Waals surface area contributed by atoms with Gasteiger partial charge in [-0.05, 0) is 31.9 Å². The summed E-state index contributed by atoms with van der Waals surface area (Å²) in [7, 11) is 1.41. The van der Waals surface area contributed by atoms with Gasteiger partial charge in [-0.3, -0.25) is 10.1 Å². The number of amides is 3. The number of halogens is 1. The Bertz CT molecular complexity index is 690. The summed E-state index contributed by atoms with van der Waals surface area (Å²) in [6.07, 6.45) is -1.35. The van der Waals surface area contributed by atoms with Gasteiger partial charge in [0, 0.05) is 0 Å². The summed E-state index contributed by atoms with van der Waals surface area (Å²) >= 11 is 6.18. The van der Waals surface area contributed by atoms with Gasteiger partial charge in [0.05, 0.1) is 23.8 Å². The van der Waals surface area contributed by atoms with Crippen LogP contribution in [0.4, 0.5) is 4.79 Å². The Balaban J connectivity index is 3.10. The molecule has 3 amide bonds. The highest BCUT2D eigenvalue weighted by molar-refractivity contribution is 6.32. The molecule has 1 aromatic rings. The van der Waals surface area contributed by atoms with Crippen molar-refractivity contribution in [2.45, 2.75) is 39.9 Å². The fraction of sp³-hybridized carbons (Fsp3) is 0.471. The summed E-state index contributed by atoms with van der Waals surface area (Å²) in [5, 5.41) is 2.06. The number of carbonyl (C=O) groups is 3. The van der Waals surface area contributed by atoms with Crippen LogP contribution in [0, 0.1) is 5.92 Å². The first-order valence-electron chi connectivity index (χ1n) is 7.92. The first-order valence-corrected chi connectivity index (χ1v) is 8.30. The third kappa shape index (κ3) is 5.80. The normalized spacial score (nSPS) is 11.8. The Hall–Kier alpha value is -2.48. The number of nitrogens with one attached hydrogen (secondary N) is 1. The molecule has 0 heterocycles. The molecule has 0 saturated carbocycles. The van der Waals surface area contributed by atoms with Gasteiger partial charge >= 0.3 is 12.0 Å². The van der Waals surface area contributed by atoms with Crippen LogP contribution >= 0.6 is 11.6 Å². The Morgan fingerprint density at radius 3 is 2.23 bits per heavy atom. The number of ether oxygens (including phenoxy) is 3. The molecule has 0 bridgehead atoms. The van der Waals surface area contributed by atoms with Crippen LogP contribution in [0.25, 0.3) is 0 Å². The van der Waals surface area contributed by atoms with Gasteiger partial charge in [0.15, 0.2) is 17.6 Å². The second-order valence-electron chi connectivity index (χ2n) is 6.08. The monoisotopic (exact) mass is 386 g/mol. The SMILES string of the molecule is COc1cc(C(=O)O[C@H](C(=O)NC(N)=O)C(C)C)cc(Cl)c1OC(C)C. The van der Waals surface area contributed by atoms with Crippen LogP contribution in [0.1, 0.15) is 38.1 Å². The molecule has 0 saturated heterocycles. The van der Waals surface area contributed by atoms with E-state index in [9.17, 15) is 14.4 Å². The van der Waals surface area contributed by atoms with Crippen LogP contribution in [0.2, 0.25) is 5.02 Å². The maximum atomic E-state index is 12.4. The topological polar surface area (TPSA) is 117 Å². The van der Waals surface area contributed by atoms with Crippen molar-refractivity contribution >= 4 is 29.5 Å². The molecule has 0 aromatic heterocycles. The number of urea groups is 1. The average Bonchev–Trinajstić information content (AvgIpc) is 2.52. The summed E-state index contributed by atoms with van der Waals surface area (Å²) in [4.78, 5) is 35.2. The van der Waals surface area contributed by atoms with Gasteiger partial charge < -0.3 is 19.9 Å². The van der Waals surface area contributed by atoms with Gasteiger partial charge in [0.1, 0.15) is 0 Å². The first-order chi connectivity index (χ1) is 12.1. The molecule has 0 fully saturated rings. The van der Waals surface area contributed by atoms with Crippen LogP contribution in [-0.4, -0.2) is 37.2 Å². The fourth-order valence-corrected chi connectivity index (χ4v) is 2.31. The molecule has 0 aliphatic rings. The highest BCUT2D eigenvalue weighted by Crippen LogP contribution is 2.37. The summed E-state index contributed by atoms with van der Waals surface area (Å²) < 4.78 is 16.0. The van der Waals surface area contributed by atoms with Crippen molar-refractivity contribution in [1.82, 2.24) is 5.32 Å². The van der Waals surface area contributed by atoms with Gasteiger partial charge in [-0.25, -0.2) is 9.59 Å². The molecular formula is C17H23ClN2O6. The molecule has 8 nitrogen and oxygen atoms in total. The number of carbonyl (C=O) groups excluding carboxylic acids is 3. The molecule has 1 atom stereocenters. The molecule has 9 heteroatoms. The Kier molecular flexibility index (Phi) is 7.70. The zero-order valence-corrected chi connectivity index (χ0v) is 16.0. The van der Waals surface area contributed by atoms with Crippen LogP contribution in [0.3, 0.4) is 0 Å². The van der Waals surface area contributed by atoms with Crippen molar-refractivity contribution < 1.29 is 28.6 Å². The minimum Gasteiger partial charge on any atom is -0.493 e. The number of esters is 1. The van der Waals surface area contributed by atoms with E-state index in [1.165, 1.54) is 19.2 Å². The highest BCUT2D eigenvalue weighted by Gasteiger charge is 2.28. The number of hydrogen-bond donors (Lipinski definition) is 2. The molecule has 0 unspecified atom stereocenters. The lowest BCUT2D eigenvalue weighted by Crippen LogP contribution is -2.45. The molecule has 0 aliphatic heterocycles. The van der Waals surface area contributed by atoms with Crippen molar-refractivity contribution in [2.75, 3.05) is 7.11 Å². The van der Waals surface area contributed by atoms with E-state index < -0.39 is 24.0 Å². The quantitative estimate of drug-likeness (QED) is 0.695. The summed E-state index contributed by atoms with van der Waals surface area (Å²) in [5.41, 5.74) is 5.00. The minimum absolute atomic E-state index is 0.0699. The van der Waals surface area contributed by atoms with E-state index in [2.05, 4.69) is 0 Å². The van der Waals surface area contributed by atoms with Crippen LogP contribution in [0.5, 0.6) is 11.5 Å². The number of hydrogen-bond acceptors (Lipinski definition) is 6. The van der Waals surface area contributed by atoms with E-state index in [0.29, 0.717) is 5.75 Å². The zero-order valence-electron chi connectivity index (χ0n) is 15.3. The lowest BCUT2D eigenvalue weighted by Gasteiger charge is -2.20. The molecule has 3 N–H and O–H groups in total. The van der Waals surface area contributed by atoms with Gasteiger partial charge in [-0.1, -0.05) is 25.4 Å². The predicted octanol–water partition coefficient (Wildman–Crippen LogP) is 2.51. The third-order valence-corrected chi connectivity index (χ3v) is 3.44. The van der Waals surface area contributed by atoms with Gasteiger partial charge in [0.2, 0.25) is 0 Å². The number of benzene rings is 1. The summed E-state index contributed by atoms with van der Waals surface area (Å²) in [5.74, 6) is -1.45. The van der Waals surface area contributed by atoms with Crippen LogP contribution in [-0.2, 0) is 9.53 Å². The number of methoxy groups -OCH3 is 1. The van der Waals surface area contributed by atoms with Crippen molar-refractivity contribution in [3.05, 3.63) is 22.7 Å².